The Morgan fingerprint density at radius 3 is 2.29 bits per heavy atom. The van der Waals surface area contributed by atoms with Crippen molar-refractivity contribution in [3.05, 3.63) is 17.0 Å². The highest BCUT2D eigenvalue weighted by atomic mass is 15.3. The summed E-state index contributed by atoms with van der Waals surface area (Å²) in [5.41, 5.74) is 4.28. The molecule has 3 heteroatoms. The molecule has 1 fully saturated rings. The lowest BCUT2D eigenvalue weighted by Crippen LogP contribution is -2.37. The first kappa shape index (κ1) is 16.5. The molecule has 1 N–H and O–H groups in total. The fourth-order valence-electron chi connectivity index (χ4n) is 3.48. The zero-order valence-corrected chi connectivity index (χ0v) is 14.6. The molecule has 2 rings (SSSR count). The third-order valence-electron chi connectivity index (χ3n) is 4.68. The normalized spacial score (nSPS) is 18.0. The molecule has 1 aliphatic carbocycles. The summed E-state index contributed by atoms with van der Waals surface area (Å²) in [6.07, 6.45) is 9.23. The fraction of sp³-hybridized carbons (Fsp3) is 0.833. The largest absolute Gasteiger partial charge is 0.312 e. The van der Waals surface area contributed by atoms with Crippen molar-refractivity contribution < 1.29 is 0 Å². The minimum absolute atomic E-state index is 0.194. The first-order chi connectivity index (χ1) is 9.88. The molecule has 0 saturated heterocycles. The number of aromatic nitrogens is 2. The van der Waals surface area contributed by atoms with Crippen LogP contribution in [-0.4, -0.2) is 21.9 Å². The molecule has 0 aliphatic heterocycles. The summed E-state index contributed by atoms with van der Waals surface area (Å²) in [6, 6.07) is 0.635. The number of rotatable bonds is 4. The van der Waals surface area contributed by atoms with E-state index in [0.29, 0.717) is 6.04 Å². The van der Waals surface area contributed by atoms with Gasteiger partial charge in [-0.25, -0.2) is 0 Å². The predicted octanol–water partition coefficient (Wildman–Crippen LogP) is 4.33. The Hall–Kier alpha value is -0.830. The highest BCUT2D eigenvalue weighted by Gasteiger charge is 2.20. The van der Waals surface area contributed by atoms with Crippen LogP contribution in [-0.2, 0) is 6.42 Å². The van der Waals surface area contributed by atoms with Crippen molar-refractivity contribution in [3.63, 3.8) is 0 Å². The van der Waals surface area contributed by atoms with E-state index in [4.69, 9.17) is 5.10 Å². The third kappa shape index (κ3) is 4.57. The Morgan fingerprint density at radius 2 is 1.71 bits per heavy atom. The maximum atomic E-state index is 4.88. The van der Waals surface area contributed by atoms with Gasteiger partial charge < -0.3 is 5.32 Å². The van der Waals surface area contributed by atoms with E-state index >= 15 is 0 Å². The lowest BCUT2D eigenvalue weighted by Gasteiger charge is -2.20. The molecule has 0 aromatic carbocycles. The van der Waals surface area contributed by atoms with Gasteiger partial charge in [-0.3, -0.25) is 4.68 Å². The van der Waals surface area contributed by atoms with Crippen molar-refractivity contribution in [1.82, 2.24) is 15.1 Å². The van der Waals surface area contributed by atoms with E-state index in [0.717, 1.165) is 13.0 Å². The summed E-state index contributed by atoms with van der Waals surface area (Å²) >= 11 is 0. The summed E-state index contributed by atoms with van der Waals surface area (Å²) in [6.45, 7) is 12.1. The van der Waals surface area contributed by atoms with Crippen LogP contribution in [0.2, 0.25) is 0 Å². The monoisotopic (exact) mass is 291 g/mol. The van der Waals surface area contributed by atoms with Crippen molar-refractivity contribution in [1.29, 1.82) is 0 Å². The Labute approximate surface area is 130 Å². The van der Waals surface area contributed by atoms with Gasteiger partial charge in [-0.2, -0.15) is 5.10 Å². The molecule has 1 aliphatic rings. The molecule has 0 bridgehead atoms. The van der Waals surface area contributed by atoms with Gasteiger partial charge in [-0.15, -0.1) is 0 Å². The van der Waals surface area contributed by atoms with Gasteiger partial charge in [-0.05, 0) is 66.0 Å². The van der Waals surface area contributed by atoms with Crippen molar-refractivity contribution in [2.75, 3.05) is 6.54 Å². The fourth-order valence-corrected chi connectivity index (χ4v) is 3.48. The van der Waals surface area contributed by atoms with Crippen molar-refractivity contribution in [2.45, 2.75) is 91.1 Å². The van der Waals surface area contributed by atoms with Crippen LogP contribution in [0.4, 0.5) is 0 Å². The van der Waals surface area contributed by atoms with Gasteiger partial charge in [0.05, 0.1) is 11.7 Å². The van der Waals surface area contributed by atoms with E-state index in [-0.39, 0.29) is 5.54 Å². The number of aryl methyl sites for hydroxylation is 1. The molecule has 0 amide bonds. The molecule has 0 atom stereocenters. The second-order valence-electron chi connectivity index (χ2n) is 7.67. The van der Waals surface area contributed by atoms with E-state index in [2.05, 4.69) is 44.6 Å². The van der Waals surface area contributed by atoms with Gasteiger partial charge in [0.25, 0.3) is 0 Å². The van der Waals surface area contributed by atoms with Gasteiger partial charge in [-0.1, -0.05) is 25.7 Å². The second kappa shape index (κ2) is 6.95. The average molecular weight is 291 g/mol. The van der Waals surface area contributed by atoms with Crippen molar-refractivity contribution >= 4 is 0 Å². The van der Waals surface area contributed by atoms with Crippen molar-refractivity contribution in [2.24, 2.45) is 0 Å². The zero-order chi connectivity index (χ0) is 15.5. The van der Waals surface area contributed by atoms with E-state index in [1.807, 2.05) is 0 Å². The van der Waals surface area contributed by atoms with Crippen molar-refractivity contribution in [3.8, 4) is 0 Å². The van der Waals surface area contributed by atoms with Crippen LogP contribution in [0.3, 0.4) is 0 Å². The number of nitrogens with one attached hydrogen (secondary N) is 1. The Bertz CT molecular complexity index is 446. The third-order valence-corrected chi connectivity index (χ3v) is 4.68. The lowest BCUT2D eigenvalue weighted by atomic mass is 10.1. The predicted molar refractivity (Wildman–Crippen MR) is 89.9 cm³/mol. The summed E-state index contributed by atoms with van der Waals surface area (Å²) in [7, 11) is 0. The molecule has 0 unspecified atom stereocenters. The van der Waals surface area contributed by atoms with Crippen LogP contribution in [0.25, 0.3) is 0 Å². The molecule has 0 radical (unpaired) electrons. The molecule has 1 aromatic heterocycles. The number of nitrogens with zero attached hydrogens (tertiary/aromatic N) is 2. The lowest BCUT2D eigenvalue weighted by molar-refractivity contribution is 0.396. The van der Waals surface area contributed by atoms with Crippen LogP contribution in [0.5, 0.6) is 0 Å². The summed E-state index contributed by atoms with van der Waals surface area (Å²) in [5, 5.41) is 8.47. The van der Waals surface area contributed by atoms with Crippen LogP contribution < -0.4 is 5.32 Å². The van der Waals surface area contributed by atoms with Gasteiger partial charge >= 0.3 is 0 Å². The van der Waals surface area contributed by atoms with E-state index < -0.39 is 0 Å². The smallest absolute Gasteiger partial charge is 0.0629 e. The summed E-state index contributed by atoms with van der Waals surface area (Å²) < 4.78 is 2.34. The SMILES string of the molecule is Cc1nn(C2CCCCCC2)c(C)c1CCNC(C)(C)C. The molecule has 1 saturated carbocycles. The first-order valence-electron chi connectivity index (χ1n) is 8.68. The minimum atomic E-state index is 0.194. The highest BCUT2D eigenvalue weighted by Crippen LogP contribution is 2.29. The number of hydrogen-bond acceptors (Lipinski definition) is 2. The molecular formula is C18H33N3. The topological polar surface area (TPSA) is 29.9 Å². The Kier molecular flexibility index (Phi) is 5.48. The van der Waals surface area contributed by atoms with Gasteiger partial charge in [0, 0.05) is 11.2 Å². The van der Waals surface area contributed by atoms with E-state index in [9.17, 15) is 0 Å². The maximum absolute atomic E-state index is 4.88. The quantitative estimate of drug-likeness (QED) is 0.837. The minimum Gasteiger partial charge on any atom is -0.312 e. The highest BCUT2D eigenvalue weighted by molar-refractivity contribution is 5.25. The maximum Gasteiger partial charge on any atom is 0.0629 e. The molecule has 120 valence electrons. The standard InChI is InChI=1S/C18H33N3/c1-14-17(12-13-19-18(3,4)5)15(2)21(20-14)16-10-8-6-7-9-11-16/h16,19H,6-13H2,1-5H3. The second-order valence-corrected chi connectivity index (χ2v) is 7.67. The molecular weight excluding hydrogens is 258 g/mol. The van der Waals surface area contributed by atoms with Crippen LogP contribution in [0.1, 0.15) is 82.3 Å². The summed E-state index contributed by atoms with van der Waals surface area (Å²) in [4.78, 5) is 0. The zero-order valence-electron chi connectivity index (χ0n) is 14.6. The van der Waals surface area contributed by atoms with Crippen LogP contribution in [0, 0.1) is 13.8 Å². The van der Waals surface area contributed by atoms with Crippen LogP contribution >= 0.6 is 0 Å². The van der Waals surface area contributed by atoms with Crippen LogP contribution in [0.15, 0.2) is 0 Å². The summed E-state index contributed by atoms with van der Waals surface area (Å²) in [5.74, 6) is 0. The molecule has 1 aromatic rings. The number of hydrogen-bond donors (Lipinski definition) is 1. The van der Waals surface area contributed by atoms with Gasteiger partial charge in [0.2, 0.25) is 0 Å². The molecule has 3 nitrogen and oxygen atoms in total. The first-order valence-corrected chi connectivity index (χ1v) is 8.68. The average Bonchev–Trinajstić information content (AvgIpc) is 2.61. The van der Waals surface area contributed by atoms with E-state index in [1.54, 1.807) is 0 Å². The van der Waals surface area contributed by atoms with Gasteiger partial charge in [0.15, 0.2) is 0 Å². The Balaban J connectivity index is 2.06. The molecule has 0 spiro atoms. The Morgan fingerprint density at radius 1 is 1.10 bits per heavy atom. The van der Waals surface area contributed by atoms with Gasteiger partial charge in [0.1, 0.15) is 0 Å². The van der Waals surface area contributed by atoms with E-state index in [1.165, 1.54) is 55.5 Å². The molecule has 1 heterocycles. The molecule has 21 heavy (non-hydrogen) atoms.